The number of aliphatic hydroxyl groups is 1. The molecular weight excluding hydrogens is 376 g/mol. The van der Waals surface area contributed by atoms with Crippen LogP contribution in [0.2, 0.25) is 0 Å². The zero-order valence-electron chi connectivity index (χ0n) is 16.6. The maximum absolute atomic E-state index is 12.8. The van der Waals surface area contributed by atoms with Crippen LogP contribution in [0, 0.1) is 5.41 Å². The minimum atomic E-state index is -0.317. The van der Waals surface area contributed by atoms with Crippen LogP contribution in [0.3, 0.4) is 0 Å². The molecule has 0 amide bonds. The number of ether oxygens (including phenoxy) is 1. The average Bonchev–Trinajstić information content (AvgIpc) is 2.71. The Labute approximate surface area is 173 Å². The molecule has 150 valence electrons. The molecule has 4 heteroatoms. The van der Waals surface area contributed by atoms with Gasteiger partial charge in [0.25, 0.3) is 0 Å². The monoisotopic (exact) mass is 398 g/mol. The number of benzene rings is 3. The van der Waals surface area contributed by atoms with Crippen molar-refractivity contribution in [3.05, 3.63) is 88.3 Å². The molecule has 1 heterocycles. The highest BCUT2D eigenvalue weighted by Gasteiger charge is 2.67. The smallest absolute Gasteiger partial charge is 0.344 e. The summed E-state index contributed by atoms with van der Waals surface area (Å²) < 4.78 is 11.5. The van der Waals surface area contributed by atoms with Gasteiger partial charge in [-0.3, -0.25) is 0 Å². The third-order valence-corrected chi connectivity index (χ3v) is 7.02. The number of rotatable bonds is 5. The minimum Gasteiger partial charge on any atom is -0.489 e. The molecule has 30 heavy (non-hydrogen) atoms. The summed E-state index contributed by atoms with van der Waals surface area (Å²) in [5, 5.41) is 12.0. The van der Waals surface area contributed by atoms with Gasteiger partial charge in [-0.2, -0.15) is 0 Å². The molecule has 0 saturated heterocycles. The zero-order chi connectivity index (χ0) is 20.3. The van der Waals surface area contributed by atoms with E-state index in [1.54, 1.807) is 6.07 Å². The lowest BCUT2D eigenvalue weighted by atomic mass is 9.34. The standard InChI is InChI=1S/C26H22O4/c27-16-25-13-26(14-25,15-25)18-6-8-20-21-9-7-19(29-12-17-4-2-1-3-5-17)11-23(21)30-24(28)22(20)10-18/h1-11,27H,12-16H2. The first-order chi connectivity index (χ1) is 14.6. The summed E-state index contributed by atoms with van der Waals surface area (Å²) in [6.45, 7) is 0.731. The van der Waals surface area contributed by atoms with Gasteiger partial charge in [0, 0.05) is 18.1 Å². The van der Waals surface area contributed by atoms with Crippen molar-refractivity contribution in [1.29, 1.82) is 0 Å². The molecule has 4 aromatic rings. The van der Waals surface area contributed by atoms with Gasteiger partial charge in [-0.15, -0.1) is 0 Å². The zero-order valence-corrected chi connectivity index (χ0v) is 16.6. The second kappa shape index (κ2) is 6.19. The van der Waals surface area contributed by atoms with Crippen LogP contribution in [-0.4, -0.2) is 11.7 Å². The first-order valence-electron chi connectivity index (χ1n) is 10.4. The largest absolute Gasteiger partial charge is 0.489 e. The number of hydrogen-bond acceptors (Lipinski definition) is 4. The minimum absolute atomic E-state index is 0.138. The van der Waals surface area contributed by atoms with Crippen molar-refractivity contribution < 1.29 is 14.3 Å². The van der Waals surface area contributed by atoms with Gasteiger partial charge in [-0.1, -0.05) is 42.5 Å². The van der Waals surface area contributed by atoms with Crippen molar-refractivity contribution in [2.75, 3.05) is 6.61 Å². The molecule has 1 aromatic heterocycles. The molecule has 3 saturated carbocycles. The topological polar surface area (TPSA) is 59.7 Å². The van der Waals surface area contributed by atoms with Crippen LogP contribution in [0.15, 0.2) is 75.9 Å². The van der Waals surface area contributed by atoms with Crippen LogP contribution in [0.1, 0.15) is 30.4 Å². The van der Waals surface area contributed by atoms with Gasteiger partial charge in [0.2, 0.25) is 0 Å². The molecule has 0 aliphatic heterocycles. The maximum atomic E-state index is 12.8. The Bertz CT molecular complexity index is 1320. The fourth-order valence-electron chi connectivity index (χ4n) is 5.55. The van der Waals surface area contributed by atoms with Gasteiger partial charge >= 0.3 is 5.63 Å². The van der Waals surface area contributed by atoms with Crippen LogP contribution in [0.4, 0.5) is 0 Å². The highest BCUT2D eigenvalue weighted by Crippen LogP contribution is 2.73. The van der Waals surface area contributed by atoms with Crippen molar-refractivity contribution in [1.82, 2.24) is 0 Å². The molecule has 1 N–H and O–H groups in total. The maximum Gasteiger partial charge on any atom is 0.344 e. The lowest BCUT2D eigenvalue weighted by molar-refractivity contribution is -0.167. The lowest BCUT2D eigenvalue weighted by Gasteiger charge is -2.70. The first kappa shape index (κ1) is 17.7. The van der Waals surface area contributed by atoms with E-state index >= 15 is 0 Å². The first-order valence-corrected chi connectivity index (χ1v) is 10.4. The average molecular weight is 398 g/mol. The van der Waals surface area contributed by atoms with Gasteiger partial charge in [0.05, 0.1) is 5.39 Å². The van der Waals surface area contributed by atoms with Crippen molar-refractivity contribution >= 4 is 21.7 Å². The van der Waals surface area contributed by atoms with E-state index in [1.165, 1.54) is 5.56 Å². The molecule has 7 rings (SSSR count). The molecule has 0 spiro atoms. The number of fused-ring (bicyclic) bond motifs is 3. The summed E-state index contributed by atoms with van der Waals surface area (Å²) in [4.78, 5) is 12.8. The number of hydrogen-bond donors (Lipinski definition) is 1. The van der Waals surface area contributed by atoms with Gasteiger partial charge in [-0.05, 0) is 64.8 Å². The summed E-state index contributed by atoms with van der Waals surface area (Å²) in [5.74, 6) is 0.675. The normalized spacial score (nSPS) is 24.4. The van der Waals surface area contributed by atoms with Gasteiger partial charge in [0.15, 0.2) is 0 Å². The quantitative estimate of drug-likeness (QED) is 0.382. The summed E-state index contributed by atoms with van der Waals surface area (Å²) in [6.07, 6.45) is 3.05. The van der Waals surface area contributed by atoms with E-state index in [0.717, 1.165) is 35.6 Å². The van der Waals surface area contributed by atoms with Crippen LogP contribution >= 0.6 is 0 Å². The van der Waals surface area contributed by atoms with E-state index in [0.29, 0.717) is 23.3 Å². The third kappa shape index (κ3) is 2.53. The number of aliphatic hydroxyl groups excluding tert-OH is 1. The predicted molar refractivity (Wildman–Crippen MR) is 116 cm³/mol. The molecule has 2 bridgehead atoms. The molecule has 3 aliphatic carbocycles. The van der Waals surface area contributed by atoms with Crippen LogP contribution in [-0.2, 0) is 12.0 Å². The van der Waals surface area contributed by atoms with E-state index in [9.17, 15) is 9.90 Å². The highest BCUT2D eigenvalue weighted by molar-refractivity contribution is 6.04. The van der Waals surface area contributed by atoms with Gasteiger partial charge < -0.3 is 14.3 Å². The van der Waals surface area contributed by atoms with Gasteiger partial charge in [0.1, 0.15) is 17.9 Å². The summed E-state index contributed by atoms with van der Waals surface area (Å²) >= 11 is 0. The van der Waals surface area contributed by atoms with Crippen molar-refractivity contribution in [3.63, 3.8) is 0 Å². The van der Waals surface area contributed by atoms with E-state index in [-0.39, 0.29) is 23.1 Å². The predicted octanol–water partition coefficient (Wildman–Crippen LogP) is 4.94. The van der Waals surface area contributed by atoms with Crippen molar-refractivity contribution in [3.8, 4) is 5.75 Å². The summed E-state index contributed by atoms with van der Waals surface area (Å²) in [5.41, 5.74) is 2.78. The highest BCUT2D eigenvalue weighted by atomic mass is 16.5. The molecule has 4 nitrogen and oxygen atoms in total. The van der Waals surface area contributed by atoms with Gasteiger partial charge in [-0.25, -0.2) is 4.79 Å². The molecule has 0 unspecified atom stereocenters. The Balaban J connectivity index is 1.34. The molecule has 0 radical (unpaired) electrons. The van der Waals surface area contributed by atoms with Crippen LogP contribution in [0.25, 0.3) is 21.7 Å². The molecule has 3 aliphatic rings. The fraction of sp³-hybridized carbons (Fsp3) is 0.269. The van der Waals surface area contributed by atoms with E-state index in [1.807, 2.05) is 54.6 Å². The Morgan fingerprint density at radius 1 is 0.900 bits per heavy atom. The van der Waals surface area contributed by atoms with E-state index in [2.05, 4.69) is 6.07 Å². The van der Waals surface area contributed by atoms with E-state index in [4.69, 9.17) is 9.15 Å². The van der Waals surface area contributed by atoms with Crippen molar-refractivity contribution in [2.24, 2.45) is 5.41 Å². The third-order valence-electron chi connectivity index (χ3n) is 7.02. The Hall–Kier alpha value is -3.11. The Morgan fingerprint density at radius 3 is 2.43 bits per heavy atom. The second-order valence-corrected chi connectivity index (χ2v) is 9.05. The van der Waals surface area contributed by atoms with E-state index < -0.39 is 0 Å². The van der Waals surface area contributed by atoms with Crippen molar-refractivity contribution in [2.45, 2.75) is 31.3 Å². The lowest BCUT2D eigenvalue weighted by Crippen LogP contribution is -2.66. The van der Waals surface area contributed by atoms with Crippen LogP contribution in [0.5, 0.6) is 5.75 Å². The van der Waals surface area contributed by atoms with Crippen LogP contribution < -0.4 is 10.4 Å². The second-order valence-electron chi connectivity index (χ2n) is 9.05. The summed E-state index contributed by atoms with van der Waals surface area (Å²) in [6, 6.07) is 21.8. The fourth-order valence-corrected chi connectivity index (χ4v) is 5.55. The Kier molecular flexibility index (Phi) is 3.66. The SMILES string of the molecule is O=c1oc2cc(OCc3ccccc3)ccc2c2ccc(C34CC(CO)(C3)C4)cc12. The summed E-state index contributed by atoms with van der Waals surface area (Å²) in [7, 11) is 0. The molecular formula is C26H22O4. The molecule has 3 aromatic carbocycles. The molecule has 0 atom stereocenters. The Morgan fingerprint density at radius 2 is 1.67 bits per heavy atom. The molecule has 3 fully saturated rings.